The van der Waals surface area contributed by atoms with Crippen LogP contribution in [0.15, 0.2) is 29.6 Å². The molecule has 3 N–H and O–H groups in total. The van der Waals surface area contributed by atoms with Crippen molar-refractivity contribution in [3.63, 3.8) is 0 Å². The Morgan fingerprint density at radius 3 is 2.86 bits per heavy atom. The van der Waals surface area contributed by atoms with Crippen molar-refractivity contribution in [3.8, 4) is 0 Å². The Bertz CT molecular complexity index is 726. The molecule has 9 heteroatoms. The molecule has 0 aliphatic carbocycles. The maximum Gasteiger partial charge on any atom is 0.409 e. The van der Waals surface area contributed by atoms with Gasteiger partial charge in [0, 0.05) is 11.9 Å². The number of rotatable bonds is 5. The Kier molecular flexibility index (Phi) is 4.89. The summed E-state index contributed by atoms with van der Waals surface area (Å²) in [5.74, 6) is -0.474. The fourth-order valence-corrected chi connectivity index (χ4v) is 1.95. The highest BCUT2D eigenvalue weighted by Gasteiger charge is 2.11. The molecule has 0 unspecified atom stereocenters. The molecule has 2 rings (SSSR count). The lowest BCUT2D eigenvalue weighted by Crippen LogP contribution is -2.08. The molecule has 7 nitrogen and oxygen atoms in total. The number of thioether (sulfide) groups is 1. The maximum absolute atomic E-state index is 13.8. The van der Waals surface area contributed by atoms with E-state index < -0.39 is 11.9 Å². The lowest BCUT2D eigenvalue weighted by Gasteiger charge is -2.11. The quantitative estimate of drug-likeness (QED) is 0.441. The second-order valence-corrected chi connectivity index (χ2v) is 4.80. The molecular formula is C13H11FN4O3S. The molecule has 22 heavy (non-hydrogen) atoms. The topological polar surface area (TPSA) is 104 Å². The zero-order chi connectivity index (χ0) is 16.1. The smallest absolute Gasteiger partial charge is 0.409 e. The minimum Gasteiger partial charge on any atom is -0.465 e. The number of aldehydes is 1. The average molecular weight is 322 g/mol. The van der Waals surface area contributed by atoms with Crippen LogP contribution in [0, 0.1) is 5.82 Å². The molecule has 0 radical (unpaired) electrons. The highest BCUT2D eigenvalue weighted by Crippen LogP contribution is 2.25. The van der Waals surface area contributed by atoms with E-state index in [1.807, 2.05) is 0 Å². The summed E-state index contributed by atoms with van der Waals surface area (Å²) in [6.07, 6.45) is 2.37. The fourth-order valence-electron chi connectivity index (χ4n) is 1.61. The summed E-state index contributed by atoms with van der Waals surface area (Å²) in [4.78, 5) is 29.7. The molecule has 0 spiro atoms. The predicted octanol–water partition coefficient (Wildman–Crippen LogP) is 2.98. The summed E-state index contributed by atoms with van der Waals surface area (Å²) < 4.78 is 13.8. The molecular weight excluding hydrogens is 311 g/mol. The van der Waals surface area contributed by atoms with Crippen molar-refractivity contribution in [1.29, 1.82) is 0 Å². The zero-order valence-corrected chi connectivity index (χ0v) is 12.1. The number of benzene rings is 1. The molecule has 0 aliphatic rings. The number of carbonyl (C=O) groups is 2. The van der Waals surface area contributed by atoms with Gasteiger partial charge >= 0.3 is 6.09 Å². The number of aromatic nitrogens is 2. The van der Waals surface area contributed by atoms with Gasteiger partial charge in [-0.25, -0.2) is 19.2 Å². The number of carboxylic acid groups (broad SMARTS) is 1. The summed E-state index contributed by atoms with van der Waals surface area (Å²) in [5.41, 5.74) is 0.331. The lowest BCUT2D eigenvalue weighted by atomic mass is 10.2. The van der Waals surface area contributed by atoms with Crippen LogP contribution in [-0.4, -0.2) is 33.7 Å². The third-order valence-corrected chi connectivity index (χ3v) is 3.14. The first-order valence-corrected chi connectivity index (χ1v) is 7.18. The van der Waals surface area contributed by atoms with Gasteiger partial charge in [-0.05, 0) is 24.5 Å². The Hall–Kier alpha value is -2.68. The van der Waals surface area contributed by atoms with E-state index >= 15 is 0 Å². The maximum atomic E-state index is 13.8. The summed E-state index contributed by atoms with van der Waals surface area (Å²) in [6, 6.07) is 3.65. The molecule has 0 saturated carbocycles. The van der Waals surface area contributed by atoms with Crippen molar-refractivity contribution in [3.05, 3.63) is 35.8 Å². The third kappa shape index (κ3) is 3.70. The van der Waals surface area contributed by atoms with E-state index in [0.29, 0.717) is 11.4 Å². The first kappa shape index (κ1) is 15.7. The number of anilines is 3. The highest BCUT2D eigenvalue weighted by atomic mass is 32.2. The van der Waals surface area contributed by atoms with Gasteiger partial charge in [-0.2, -0.15) is 0 Å². The van der Waals surface area contributed by atoms with Crippen LogP contribution in [0.2, 0.25) is 0 Å². The van der Waals surface area contributed by atoms with Gasteiger partial charge < -0.3 is 10.4 Å². The molecule has 0 bridgehead atoms. The summed E-state index contributed by atoms with van der Waals surface area (Å²) in [5, 5.41) is 13.9. The first-order chi connectivity index (χ1) is 10.5. The lowest BCUT2D eigenvalue weighted by molar-refractivity contribution is 0.112. The fraction of sp³-hybridized carbons (Fsp3) is 0.0769. The Morgan fingerprint density at radius 1 is 1.45 bits per heavy atom. The molecule has 0 fully saturated rings. The SMILES string of the molecule is CSc1ncc(C=O)c(Nc2cc(NC(=O)O)ccc2F)n1. The predicted molar refractivity (Wildman–Crippen MR) is 80.5 cm³/mol. The Labute approximate surface area is 129 Å². The second kappa shape index (κ2) is 6.85. The van der Waals surface area contributed by atoms with E-state index in [4.69, 9.17) is 5.11 Å². The number of amides is 1. The van der Waals surface area contributed by atoms with Gasteiger partial charge in [0.1, 0.15) is 11.6 Å². The van der Waals surface area contributed by atoms with Crippen LogP contribution in [0.5, 0.6) is 0 Å². The molecule has 1 amide bonds. The zero-order valence-electron chi connectivity index (χ0n) is 11.3. The number of nitrogens with zero attached hydrogens (tertiary/aromatic N) is 2. The van der Waals surface area contributed by atoms with Crippen LogP contribution < -0.4 is 10.6 Å². The van der Waals surface area contributed by atoms with Gasteiger partial charge in [0.15, 0.2) is 11.4 Å². The monoisotopic (exact) mass is 322 g/mol. The summed E-state index contributed by atoms with van der Waals surface area (Å²) in [6.45, 7) is 0. The van der Waals surface area contributed by atoms with Crippen LogP contribution in [-0.2, 0) is 0 Å². The van der Waals surface area contributed by atoms with Crippen molar-refractivity contribution in [1.82, 2.24) is 9.97 Å². The number of halogens is 1. The van der Waals surface area contributed by atoms with E-state index in [2.05, 4.69) is 20.6 Å². The standard InChI is InChI=1S/C13H11FN4O3S/c1-22-12-15-5-7(6-19)11(18-12)17-10-4-8(16-13(20)21)2-3-9(10)14/h2-6,16H,1H3,(H,20,21)(H,15,17,18). The van der Waals surface area contributed by atoms with Gasteiger partial charge in [-0.1, -0.05) is 11.8 Å². The third-order valence-electron chi connectivity index (χ3n) is 2.58. The Morgan fingerprint density at radius 2 is 2.23 bits per heavy atom. The average Bonchev–Trinajstić information content (AvgIpc) is 2.50. The number of carbonyl (C=O) groups excluding carboxylic acids is 1. The van der Waals surface area contributed by atoms with E-state index in [0.717, 1.165) is 6.07 Å². The van der Waals surface area contributed by atoms with Crippen molar-refractivity contribution in [2.45, 2.75) is 5.16 Å². The van der Waals surface area contributed by atoms with Crippen molar-refractivity contribution in [2.75, 3.05) is 16.9 Å². The summed E-state index contributed by atoms with van der Waals surface area (Å²) in [7, 11) is 0. The van der Waals surface area contributed by atoms with Crippen LogP contribution in [0.3, 0.4) is 0 Å². The molecule has 1 aromatic carbocycles. The minimum atomic E-state index is -1.27. The minimum absolute atomic E-state index is 0.0138. The van der Waals surface area contributed by atoms with Crippen LogP contribution in [0.1, 0.15) is 10.4 Å². The number of hydrogen-bond acceptors (Lipinski definition) is 6. The molecule has 0 saturated heterocycles. The van der Waals surface area contributed by atoms with Crippen LogP contribution in [0.4, 0.5) is 26.4 Å². The molecule has 2 aromatic rings. The number of hydrogen-bond donors (Lipinski definition) is 3. The largest absolute Gasteiger partial charge is 0.465 e. The van der Waals surface area contributed by atoms with E-state index in [1.54, 1.807) is 6.26 Å². The second-order valence-electron chi connectivity index (χ2n) is 4.03. The summed E-state index contributed by atoms with van der Waals surface area (Å²) >= 11 is 1.27. The van der Waals surface area contributed by atoms with Crippen LogP contribution in [0.25, 0.3) is 0 Å². The van der Waals surface area contributed by atoms with Gasteiger partial charge in [-0.3, -0.25) is 10.1 Å². The van der Waals surface area contributed by atoms with Crippen molar-refractivity contribution in [2.24, 2.45) is 0 Å². The van der Waals surface area contributed by atoms with Gasteiger partial charge in [0.25, 0.3) is 0 Å². The van der Waals surface area contributed by atoms with Gasteiger partial charge in [-0.15, -0.1) is 0 Å². The molecule has 1 aromatic heterocycles. The Balaban J connectivity index is 2.37. The van der Waals surface area contributed by atoms with E-state index in [-0.39, 0.29) is 22.8 Å². The van der Waals surface area contributed by atoms with E-state index in [1.165, 1.54) is 30.1 Å². The normalized spacial score (nSPS) is 10.1. The number of nitrogens with one attached hydrogen (secondary N) is 2. The van der Waals surface area contributed by atoms with Crippen LogP contribution >= 0.6 is 11.8 Å². The van der Waals surface area contributed by atoms with E-state index in [9.17, 15) is 14.0 Å². The first-order valence-electron chi connectivity index (χ1n) is 5.96. The highest BCUT2D eigenvalue weighted by molar-refractivity contribution is 7.98. The molecule has 1 heterocycles. The van der Waals surface area contributed by atoms with Crippen molar-refractivity contribution >= 4 is 41.3 Å². The van der Waals surface area contributed by atoms with Gasteiger partial charge in [0.2, 0.25) is 0 Å². The molecule has 0 atom stereocenters. The van der Waals surface area contributed by atoms with Gasteiger partial charge in [0.05, 0.1) is 11.3 Å². The van der Waals surface area contributed by atoms with Crippen molar-refractivity contribution < 1.29 is 19.1 Å². The molecule has 0 aliphatic heterocycles. The molecule has 114 valence electrons.